The molecule has 0 aromatic heterocycles. The first-order valence-corrected chi connectivity index (χ1v) is 5.06. The van der Waals surface area contributed by atoms with Gasteiger partial charge in [0.15, 0.2) is 0 Å². The van der Waals surface area contributed by atoms with Gasteiger partial charge in [0.25, 0.3) is 0 Å². The maximum Gasteiger partial charge on any atom is 0.105 e. The Bertz CT molecular complexity index is 394. The average molecular weight is 273 g/mol. The van der Waals surface area contributed by atoms with Crippen LogP contribution in [-0.4, -0.2) is 11.6 Å². The maximum absolute atomic E-state index is 10.5. The first-order chi connectivity index (χ1) is 7.61. The number of rotatable bonds is 2. The zero-order valence-electron chi connectivity index (χ0n) is 9.75. The van der Waals surface area contributed by atoms with Gasteiger partial charge < -0.3 is 39.4 Å². The number of Topliss-reactive ketones (excluding diaryl/α,β-unsaturated/α-hetero) is 2. The standard InChI is InChI=1S/2C7H7O.Ni/c2*1-6(8)7-4-2-3-5-7;/h2*2-5H,1H3;/q-5;-1;. The second-order valence-electron chi connectivity index (χ2n) is 3.46. The van der Waals surface area contributed by atoms with Crippen molar-refractivity contribution < 1.29 is 26.1 Å². The fourth-order valence-electron chi connectivity index (χ4n) is 1.22. The van der Waals surface area contributed by atoms with E-state index in [1.165, 1.54) is 0 Å². The minimum atomic E-state index is 0. The van der Waals surface area contributed by atoms with Gasteiger partial charge in [-0.05, 0) is 6.92 Å². The summed E-state index contributed by atoms with van der Waals surface area (Å²) in [4.78, 5) is 21.0. The van der Waals surface area contributed by atoms with E-state index in [4.69, 9.17) is 0 Å². The van der Waals surface area contributed by atoms with Crippen molar-refractivity contribution in [2.45, 2.75) is 13.8 Å². The predicted octanol–water partition coefficient (Wildman–Crippen LogP) is 3.21. The van der Waals surface area contributed by atoms with E-state index in [1.807, 2.05) is 48.5 Å². The monoisotopic (exact) mass is 272 g/mol. The number of ketones is 2. The van der Waals surface area contributed by atoms with Crippen LogP contribution in [0.5, 0.6) is 0 Å². The van der Waals surface area contributed by atoms with Crippen LogP contribution < -0.4 is 0 Å². The Labute approximate surface area is 111 Å². The molecule has 0 heterocycles. The minimum absolute atomic E-state index is 0. The van der Waals surface area contributed by atoms with Crippen LogP contribution >= 0.6 is 0 Å². The molecule has 0 spiro atoms. The van der Waals surface area contributed by atoms with E-state index in [-0.39, 0.29) is 28.1 Å². The van der Waals surface area contributed by atoms with Crippen molar-refractivity contribution in [3.63, 3.8) is 0 Å². The zero-order chi connectivity index (χ0) is 12.0. The third-order valence-electron chi connectivity index (χ3n) is 2.14. The molecule has 0 aliphatic heterocycles. The third-order valence-corrected chi connectivity index (χ3v) is 2.14. The molecule has 0 aliphatic carbocycles. The number of hydrogen-bond acceptors (Lipinski definition) is 2. The van der Waals surface area contributed by atoms with E-state index < -0.39 is 0 Å². The molecule has 0 radical (unpaired) electrons. The van der Waals surface area contributed by atoms with Crippen molar-refractivity contribution in [3.8, 4) is 0 Å². The normalized spacial score (nSPS) is 8.59. The van der Waals surface area contributed by atoms with Gasteiger partial charge in [0.05, 0.1) is 0 Å². The molecule has 0 fully saturated rings. The number of hydrogen-bond donors (Lipinski definition) is 0. The molecule has 98 valence electrons. The average Bonchev–Trinajstić information content (AvgIpc) is 2.93. The molecule has 0 aliphatic rings. The van der Waals surface area contributed by atoms with E-state index in [1.54, 1.807) is 13.8 Å². The summed E-state index contributed by atoms with van der Waals surface area (Å²) in [7, 11) is 0. The van der Waals surface area contributed by atoms with E-state index in [9.17, 15) is 9.59 Å². The summed E-state index contributed by atoms with van der Waals surface area (Å²) in [6, 6.07) is 14.7. The van der Waals surface area contributed by atoms with E-state index in [2.05, 4.69) is 0 Å². The van der Waals surface area contributed by atoms with Gasteiger partial charge in [0, 0.05) is 16.5 Å². The van der Waals surface area contributed by atoms with Gasteiger partial charge in [-0.15, -0.1) is 6.92 Å². The summed E-state index contributed by atoms with van der Waals surface area (Å²) < 4.78 is 0. The molecule has 2 nitrogen and oxygen atoms in total. The molecule has 0 unspecified atom stereocenters. The number of carbonyl (C=O) groups is 2. The predicted molar refractivity (Wildman–Crippen MR) is 64.1 cm³/mol. The van der Waals surface area contributed by atoms with Crippen LogP contribution in [0.15, 0.2) is 48.5 Å². The second-order valence-corrected chi connectivity index (χ2v) is 3.46. The molecule has 2 aromatic rings. The molecule has 0 bridgehead atoms. The van der Waals surface area contributed by atoms with Crippen LogP contribution in [0, 0.1) is 0 Å². The Morgan fingerprint density at radius 2 is 1.41 bits per heavy atom. The summed E-state index contributed by atoms with van der Waals surface area (Å²) in [5, 5.41) is 0. The summed E-state index contributed by atoms with van der Waals surface area (Å²) in [5.41, 5.74) is 1.59. The molecule has 0 atom stereocenters. The fraction of sp³-hybridized carbons (Fsp3) is 0.143. The first kappa shape index (κ1) is 15.5. The Morgan fingerprint density at radius 1 is 0.941 bits per heavy atom. The van der Waals surface area contributed by atoms with Crippen LogP contribution in [0.1, 0.15) is 34.6 Å². The zero-order valence-corrected chi connectivity index (χ0v) is 10.7. The minimum Gasteiger partial charge on any atom is -0.718 e. The molecule has 0 saturated carbocycles. The maximum atomic E-state index is 10.5. The van der Waals surface area contributed by atoms with Crippen LogP contribution in [0.3, 0.4) is 0 Å². The molecular weight excluding hydrogens is 259 g/mol. The van der Waals surface area contributed by atoms with Gasteiger partial charge in [0.1, 0.15) is 5.78 Å². The molecule has 2 aromatic carbocycles. The summed E-state index contributed by atoms with van der Waals surface area (Å²) in [6.07, 6.45) is 0. The van der Waals surface area contributed by atoms with Crippen molar-refractivity contribution in [3.05, 3.63) is 59.7 Å². The van der Waals surface area contributed by atoms with E-state index in [0.717, 1.165) is 11.1 Å². The SMILES string of the molecule is CC(=O)[c-]1[cH-][cH-][cH-][cH-]1.CC(=O)[c-]1cccc1.[Ni]. The largest absolute Gasteiger partial charge is 0.718 e. The van der Waals surface area contributed by atoms with Crippen LogP contribution in [0.25, 0.3) is 0 Å². The van der Waals surface area contributed by atoms with Gasteiger partial charge in [-0.25, -0.2) is 12.1 Å². The molecule has 0 N–H and O–H groups in total. The Morgan fingerprint density at radius 3 is 1.65 bits per heavy atom. The van der Waals surface area contributed by atoms with Crippen molar-refractivity contribution in [1.29, 1.82) is 0 Å². The molecule has 2 rings (SSSR count). The van der Waals surface area contributed by atoms with Crippen LogP contribution in [0.4, 0.5) is 0 Å². The van der Waals surface area contributed by atoms with Crippen molar-refractivity contribution >= 4 is 11.6 Å². The molecule has 0 amide bonds. The van der Waals surface area contributed by atoms with Crippen molar-refractivity contribution in [1.82, 2.24) is 0 Å². The second kappa shape index (κ2) is 7.75. The van der Waals surface area contributed by atoms with E-state index >= 15 is 0 Å². The molecule has 0 saturated heterocycles. The first-order valence-electron chi connectivity index (χ1n) is 5.06. The number of carbonyl (C=O) groups excluding carboxylic acids is 2. The van der Waals surface area contributed by atoms with Crippen molar-refractivity contribution in [2.24, 2.45) is 0 Å². The van der Waals surface area contributed by atoms with Gasteiger partial charge in [-0.3, -0.25) is 5.78 Å². The van der Waals surface area contributed by atoms with Crippen LogP contribution in [0.2, 0.25) is 0 Å². The summed E-state index contributed by atoms with van der Waals surface area (Å²) in [6.45, 7) is 3.13. The fourth-order valence-corrected chi connectivity index (χ4v) is 1.22. The van der Waals surface area contributed by atoms with Gasteiger partial charge in [-0.2, -0.15) is 12.1 Å². The molecule has 3 heteroatoms. The Hall–Kier alpha value is -1.47. The Balaban J connectivity index is 0.000000284. The van der Waals surface area contributed by atoms with Gasteiger partial charge in [0.2, 0.25) is 0 Å². The summed E-state index contributed by atoms with van der Waals surface area (Å²) >= 11 is 0. The quantitative estimate of drug-likeness (QED) is 0.478. The Kier molecular flexibility index (Phi) is 7.08. The van der Waals surface area contributed by atoms with Gasteiger partial charge >= 0.3 is 0 Å². The van der Waals surface area contributed by atoms with Crippen molar-refractivity contribution in [2.75, 3.05) is 0 Å². The third kappa shape index (κ3) is 5.41. The molecule has 17 heavy (non-hydrogen) atoms. The smallest absolute Gasteiger partial charge is 0.105 e. The van der Waals surface area contributed by atoms with Crippen LogP contribution in [-0.2, 0) is 16.5 Å². The van der Waals surface area contributed by atoms with Gasteiger partial charge in [-0.1, -0.05) is 5.56 Å². The summed E-state index contributed by atoms with van der Waals surface area (Å²) in [5.74, 6) is 0.269. The molecular formula is C14H14NiO2-6. The van der Waals surface area contributed by atoms with E-state index in [0.29, 0.717) is 0 Å². The topological polar surface area (TPSA) is 34.1 Å².